The molecule has 0 fully saturated rings. The minimum Gasteiger partial charge on any atom is -0.478 e. The molecule has 0 unspecified atom stereocenters. The molecule has 0 bridgehead atoms. The van der Waals surface area contributed by atoms with E-state index in [1.54, 1.807) is 12.1 Å². The van der Waals surface area contributed by atoms with Crippen molar-refractivity contribution in [1.82, 2.24) is 0 Å². The number of benzene rings is 1. The summed E-state index contributed by atoms with van der Waals surface area (Å²) in [5, 5.41) is 8.69. The van der Waals surface area contributed by atoms with Crippen LogP contribution in [0.5, 0.6) is 5.75 Å². The lowest BCUT2D eigenvalue weighted by Crippen LogP contribution is -2.06. The smallest absolute Gasteiger partial charge is 0.339 e. The number of aromatic carboxylic acids is 1. The minimum atomic E-state index is -1.11. The van der Waals surface area contributed by atoms with Gasteiger partial charge in [0.15, 0.2) is 0 Å². The molecule has 0 aromatic heterocycles. The Morgan fingerprint density at radius 3 is 2.47 bits per heavy atom. The second-order valence-electron chi connectivity index (χ2n) is 3.67. The average Bonchev–Trinajstić information content (AvgIpc) is 2.41. The first-order valence-electron chi connectivity index (χ1n) is 5.77. The Labute approximate surface area is 111 Å². The maximum absolute atomic E-state index is 10.6. The van der Waals surface area contributed by atoms with Crippen LogP contribution in [0.2, 0.25) is 0 Å². The number of hydrogen-bond donors (Lipinski definition) is 1. The molecule has 19 heavy (non-hydrogen) atoms. The molecular weight excluding hydrogens is 246 g/mol. The molecule has 0 atom stereocenters. The van der Waals surface area contributed by atoms with E-state index < -0.39 is 11.9 Å². The summed E-state index contributed by atoms with van der Waals surface area (Å²) in [6.45, 7) is 2.20. The Kier molecular flexibility index (Phi) is 6.02. The summed E-state index contributed by atoms with van der Waals surface area (Å²) in [4.78, 5) is 25.2. The zero-order valence-corrected chi connectivity index (χ0v) is 10.6. The lowest BCUT2D eigenvalue weighted by molar-refractivity contribution is -0.131. The number of rotatable bonds is 2. The number of hydrogen-bond acceptors (Lipinski definition) is 4. The van der Waals surface area contributed by atoms with E-state index in [-0.39, 0.29) is 11.3 Å². The Morgan fingerprint density at radius 2 is 2.05 bits per heavy atom. The Balaban J connectivity index is 0.000000250. The first kappa shape index (κ1) is 14.6. The van der Waals surface area contributed by atoms with Gasteiger partial charge in [0, 0.05) is 19.7 Å². The van der Waals surface area contributed by atoms with E-state index in [4.69, 9.17) is 5.11 Å². The van der Waals surface area contributed by atoms with Crippen LogP contribution in [0.3, 0.4) is 0 Å². The number of carbonyl (C=O) groups excluding carboxylic acids is 1. The third-order valence-electron chi connectivity index (χ3n) is 2.12. The van der Waals surface area contributed by atoms with Crippen molar-refractivity contribution < 1.29 is 19.4 Å². The van der Waals surface area contributed by atoms with Gasteiger partial charge in [-0.2, -0.15) is 0 Å². The molecule has 1 heterocycles. The van der Waals surface area contributed by atoms with Gasteiger partial charge < -0.3 is 9.84 Å². The molecule has 0 saturated heterocycles. The van der Waals surface area contributed by atoms with Crippen molar-refractivity contribution in [2.45, 2.75) is 13.3 Å². The fourth-order valence-corrected chi connectivity index (χ4v) is 1.33. The number of carboxylic acid groups (broad SMARTS) is 1. The Bertz CT molecular complexity index is 494. The number of esters is 1. The molecule has 1 N–H and O–H groups in total. The molecule has 0 radical (unpaired) electrons. The number of nitrogens with zero attached hydrogens (tertiary/aromatic N) is 1. The van der Waals surface area contributed by atoms with E-state index in [0.29, 0.717) is 0 Å². The third-order valence-corrected chi connectivity index (χ3v) is 2.12. The van der Waals surface area contributed by atoms with Crippen LogP contribution in [0.1, 0.15) is 23.7 Å². The van der Waals surface area contributed by atoms with Gasteiger partial charge in [-0.1, -0.05) is 18.2 Å². The zero-order valence-electron chi connectivity index (χ0n) is 10.6. The standard InChI is InChI=1S/C9H8O4.C5H7N/c1-6(10)13-8-5-3-2-4-7(8)9(11)12;1-2-4-6-5-3-1/h2-5H,1H3,(H,11,12);1-2,4H,3,5H2. The number of allylic oxidation sites excluding steroid dienone is 1. The number of dihydropyridines is 1. The Morgan fingerprint density at radius 1 is 1.32 bits per heavy atom. The molecule has 0 amide bonds. The molecule has 0 spiro atoms. The first-order chi connectivity index (χ1) is 9.11. The van der Waals surface area contributed by atoms with Crippen molar-refractivity contribution >= 4 is 18.2 Å². The van der Waals surface area contributed by atoms with Crippen LogP contribution in [0, 0.1) is 0 Å². The highest BCUT2D eigenvalue weighted by Crippen LogP contribution is 2.17. The summed E-state index contributed by atoms with van der Waals surface area (Å²) in [5.41, 5.74) is -0.0160. The van der Waals surface area contributed by atoms with Crippen molar-refractivity contribution in [3.05, 3.63) is 42.0 Å². The summed E-state index contributed by atoms with van der Waals surface area (Å²) < 4.78 is 4.69. The van der Waals surface area contributed by atoms with Gasteiger partial charge in [0.1, 0.15) is 11.3 Å². The molecule has 5 nitrogen and oxygen atoms in total. The fourth-order valence-electron chi connectivity index (χ4n) is 1.33. The van der Waals surface area contributed by atoms with Gasteiger partial charge in [-0.05, 0) is 24.6 Å². The van der Waals surface area contributed by atoms with E-state index in [9.17, 15) is 9.59 Å². The summed E-state index contributed by atoms with van der Waals surface area (Å²) >= 11 is 0. The quantitative estimate of drug-likeness (QED) is 0.654. The normalized spacial score (nSPS) is 12.3. The predicted molar refractivity (Wildman–Crippen MR) is 71.8 cm³/mol. The van der Waals surface area contributed by atoms with Crippen LogP contribution in [0.4, 0.5) is 0 Å². The molecule has 0 aliphatic carbocycles. The summed E-state index contributed by atoms with van der Waals surface area (Å²) in [7, 11) is 0. The number of para-hydroxylation sites is 1. The second kappa shape index (κ2) is 7.81. The molecule has 1 aromatic carbocycles. The lowest BCUT2D eigenvalue weighted by atomic mass is 10.2. The molecule has 100 valence electrons. The Hall–Kier alpha value is -2.43. The van der Waals surface area contributed by atoms with Gasteiger partial charge in [-0.3, -0.25) is 9.79 Å². The van der Waals surface area contributed by atoms with Crippen LogP contribution in [0.15, 0.2) is 41.4 Å². The van der Waals surface area contributed by atoms with Crippen molar-refractivity contribution in [1.29, 1.82) is 0 Å². The highest BCUT2D eigenvalue weighted by atomic mass is 16.5. The van der Waals surface area contributed by atoms with Crippen molar-refractivity contribution in [3.63, 3.8) is 0 Å². The topological polar surface area (TPSA) is 76.0 Å². The number of carbonyl (C=O) groups is 2. The van der Waals surface area contributed by atoms with E-state index in [1.807, 2.05) is 12.3 Å². The zero-order chi connectivity index (χ0) is 14.1. The van der Waals surface area contributed by atoms with Gasteiger partial charge in [0.2, 0.25) is 0 Å². The van der Waals surface area contributed by atoms with E-state index >= 15 is 0 Å². The molecule has 2 rings (SSSR count). The van der Waals surface area contributed by atoms with Crippen LogP contribution in [-0.2, 0) is 4.79 Å². The van der Waals surface area contributed by atoms with Crippen molar-refractivity contribution in [3.8, 4) is 5.75 Å². The molecule has 5 heteroatoms. The van der Waals surface area contributed by atoms with Gasteiger partial charge in [0.25, 0.3) is 0 Å². The first-order valence-corrected chi connectivity index (χ1v) is 5.77. The van der Waals surface area contributed by atoms with E-state index in [1.165, 1.54) is 19.1 Å². The van der Waals surface area contributed by atoms with Crippen LogP contribution < -0.4 is 4.74 Å². The second-order valence-corrected chi connectivity index (χ2v) is 3.67. The molecule has 1 aliphatic heterocycles. The lowest BCUT2D eigenvalue weighted by Gasteiger charge is -2.03. The number of aliphatic imine (C=N–C) groups is 1. The van der Waals surface area contributed by atoms with Crippen LogP contribution >= 0.6 is 0 Å². The molecular formula is C14H15NO4. The SMILES string of the molecule is C1=CCCN=C1.CC(=O)Oc1ccccc1C(=O)O. The molecule has 1 aromatic rings. The minimum absolute atomic E-state index is 0.0160. The van der Waals surface area contributed by atoms with Gasteiger partial charge in [-0.15, -0.1) is 0 Å². The largest absolute Gasteiger partial charge is 0.478 e. The number of carboxylic acids is 1. The highest BCUT2D eigenvalue weighted by Gasteiger charge is 2.10. The summed E-state index contributed by atoms with van der Waals surface area (Å²) in [5.74, 6) is -1.58. The highest BCUT2D eigenvalue weighted by molar-refractivity contribution is 5.91. The average molecular weight is 261 g/mol. The third kappa shape index (κ3) is 5.63. The van der Waals surface area contributed by atoms with Crippen molar-refractivity contribution in [2.75, 3.05) is 6.54 Å². The van der Waals surface area contributed by atoms with Gasteiger partial charge >= 0.3 is 11.9 Å². The number of ether oxygens (including phenoxy) is 1. The summed E-state index contributed by atoms with van der Waals surface area (Å²) in [6.07, 6.45) is 7.05. The monoisotopic (exact) mass is 261 g/mol. The van der Waals surface area contributed by atoms with Crippen molar-refractivity contribution in [2.24, 2.45) is 4.99 Å². The van der Waals surface area contributed by atoms with Gasteiger partial charge in [-0.25, -0.2) is 4.79 Å². The van der Waals surface area contributed by atoms with E-state index in [2.05, 4.69) is 15.8 Å². The predicted octanol–water partition coefficient (Wildman–Crippen LogP) is 2.33. The molecule has 1 aliphatic rings. The summed E-state index contributed by atoms with van der Waals surface area (Å²) in [6, 6.07) is 5.98. The molecule has 0 saturated carbocycles. The van der Waals surface area contributed by atoms with E-state index in [0.717, 1.165) is 13.0 Å². The van der Waals surface area contributed by atoms with Gasteiger partial charge in [0.05, 0.1) is 0 Å². The van der Waals surface area contributed by atoms with Crippen LogP contribution in [0.25, 0.3) is 0 Å². The van der Waals surface area contributed by atoms with Crippen LogP contribution in [-0.4, -0.2) is 29.8 Å². The fraction of sp³-hybridized carbons (Fsp3) is 0.214. The maximum Gasteiger partial charge on any atom is 0.339 e. The maximum atomic E-state index is 10.6.